The van der Waals surface area contributed by atoms with Gasteiger partial charge < -0.3 is 5.32 Å². The van der Waals surface area contributed by atoms with Crippen LogP contribution < -0.4 is 10.2 Å². The predicted molar refractivity (Wildman–Crippen MR) is 103 cm³/mol. The zero-order valence-corrected chi connectivity index (χ0v) is 15.4. The highest BCUT2D eigenvalue weighted by molar-refractivity contribution is 6.16. The standard InChI is InChI=1S/C22H21FN2O3/c23-16-5-1-4-15(14-16)22(12-3-13-22)21(28)24-17-8-10-18(11-9-17)25-19(26)6-2-7-20(25)27/h1,4-5,8-11,14H,2-3,6-7,12-13H2,(H,24,28). The molecule has 1 N–H and O–H groups in total. The van der Waals surface area contributed by atoms with E-state index in [0.29, 0.717) is 49.0 Å². The quantitative estimate of drug-likeness (QED) is 0.818. The maximum atomic E-state index is 13.6. The fourth-order valence-electron chi connectivity index (χ4n) is 3.95. The number of piperidine rings is 1. The van der Waals surface area contributed by atoms with Gasteiger partial charge in [-0.05, 0) is 61.2 Å². The molecule has 3 amide bonds. The Morgan fingerprint density at radius 2 is 1.64 bits per heavy atom. The van der Waals surface area contributed by atoms with Gasteiger partial charge in [0.15, 0.2) is 0 Å². The number of carbonyl (C=O) groups is 3. The summed E-state index contributed by atoms with van der Waals surface area (Å²) in [5, 5.41) is 2.91. The molecule has 1 saturated carbocycles. The average Bonchev–Trinajstić information content (AvgIpc) is 2.62. The highest BCUT2D eigenvalue weighted by Crippen LogP contribution is 2.44. The van der Waals surface area contributed by atoms with Crippen molar-refractivity contribution >= 4 is 29.1 Å². The summed E-state index contributed by atoms with van der Waals surface area (Å²) in [7, 11) is 0. The van der Waals surface area contributed by atoms with Gasteiger partial charge in [0, 0.05) is 18.5 Å². The third-order valence-electron chi connectivity index (χ3n) is 5.68. The van der Waals surface area contributed by atoms with Crippen LogP contribution >= 0.6 is 0 Å². The molecule has 2 aliphatic rings. The number of nitrogens with zero attached hydrogens (tertiary/aromatic N) is 1. The lowest BCUT2D eigenvalue weighted by Crippen LogP contribution is -2.46. The lowest BCUT2D eigenvalue weighted by atomic mass is 9.63. The van der Waals surface area contributed by atoms with E-state index in [1.807, 2.05) is 0 Å². The molecule has 6 heteroatoms. The normalized spacial score (nSPS) is 18.5. The number of carbonyl (C=O) groups excluding carboxylic acids is 3. The molecule has 1 saturated heterocycles. The first kappa shape index (κ1) is 18.3. The first-order chi connectivity index (χ1) is 13.5. The highest BCUT2D eigenvalue weighted by atomic mass is 19.1. The van der Waals surface area contributed by atoms with Crippen LogP contribution in [0, 0.1) is 5.82 Å². The van der Waals surface area contributed by atoms with Crippen LogP contribution in [0.4, 0.5) is 15.8 Å². The summed E-state index contributed by atoms with van der Waals surface area (Å²) in [6, 6.07) is 12.9. The van der Waals surface area contributed by atoms with Crippen LogP contribution in [-0.2, 0) is 19.8 Å². The summed E-state index contributed by atoms with van der Waals surface area (Å²) in [6.07, 6.45) is 3.58. The Hall–Kier alpha value is -3.02. The van der Waals surface area contributed by atoms with Gasteiger partial charge in [-0.2, -0.15) is 0 Å². The summed E-state index contributed by atoms with van der Waals surface area (Å²) >= 11 is 0. The first-order valence-corrected chi connectivity index (χ1v) is 9.53. The second kappa shape index (κ2) is 7.19. The summed E-state index contributed by atoms with van der Waals surface area (Å²) in [5.74, 6) is -0.917. The number of hydrogen-bond donors (Lipinski definition) is 1. The van der Waals surface area contributed by atoms with E-state index in [2.05, 4.69) is 5.32 Å². The molecule has 1 heterocycles. The molecule has 0 bridgehead atoms. The number of hydrogen-bond acceptors (Lipinski definition) is 3. The van der Waals surface area contributed by atoms with Crippen LogP contribution in [0.15, 0.2) is 48.5 Å². The van der Waals surface area contributed by atoms with E-state index in [9.17, 15) is 18.8 Å². The molecular weight excluding hydrogens is 359 g/mol. The first-order valence-electron chi connectivity index (χ1n) is 9.53. The molecule has 4 rings (SSSR count). The van der Waals surface area contributed by atoms with Crippen molar-refractivity contribution in [2.75, 3.05) is 10.2 Å². The Bertz CT molecular complexity index is 919. The Labute approximate surface area is 162 Å². The smallest absolute Gasteiger partial charge is 0.235 e. The number of amides is 3. The molecule has 0 spiro atoms. The van der Waals surface area contributed by atoms with E-state index in [1.54, 1.807) is 36.4 Å². The number of rotatable bonds is 4. The van der Waals surface area contributed by atoms with Crippen LogP contribution in [0.3, 0.4) is 0 Å². The number of nitrogens with one attached hydrogen (secondary N) is 1. The molecular formula is C22H21FN2O3. The van der Waals surface area contributed by atoms with Crippen molar-refractivity contribution in [3.8, 4) is 0 Å². The summed E-state index contributed by atoms with van der Waals surface area (Å²) in [5.41, 5.74) is 1.07. The van der Waals surface area contributed by atoms with Gasteiger partial charge in [0.1, 0.15) is 5.82 Å². The molecule has 5 nitrogen and oxygen atoms in total. The van der Waals surface area contributed by atoms with Crippen LogP contribution in [0.25, 0.3) is 0 Å². The summed E-state index contributed by atoms with van der Waals surface area (Å²) in [4.78, 5) is 38.2. The van der Waals surface area contributed by atoms with E-state index < -0.39 is 5.41 Å². The van der Waals surface area contributed by atoms with Crippen LogP contribution in [0.2, 0.25) is 0 Å². The van der Waals surface area contributed by atoms with E-state index in [1.165, 1.54) is 17.0 Å². The second-order valence-corrected chi connectivity index (χ2v) is 7.42. The predicted octanol–water partition coefficient (Wildman–Crippen LogP) is 3.93. The van der Waals surface area contributed by atoms with Crippen molar-refractivity contribution in [1.29, 1.82) is 0 Å². The zero-order valence-electron chi connectivity index (χ0n) is 15.4. The minimum atomic E-state index is -0.709. The fraction of sp³-hybridized carbons (Fsp3) is 0.318. The van der Waals surface area contributed by atoms with Gasteiger partial charge in [0.25, 0.3) is 0 Å². The van der Waals surface area contributed by atoms with Crippen LogP contribution in [0.5, 0.6) is 0 Å². The number of imide groups is 1. The third kappa shape index (κ3) is 3.19. The molecule has 0 radical (unpaired) electrons. The largest absolute Gasteiger partial charge is 0.325 e. The van der Waals surface area contributed by atoms with Crippen molar-refractivity contribution in [3.05, 3.63) is 59.9 Å². The zero-order chi connectivity index (χ0) is 19.7. The SMILES string of the molecule is O=C1CCCC(=O)N1c1ccc(NC(=O)C2(c3cccc(F)c3)CCC2)cc1. The number of halogens is 1. The third-order valence-corrected chi connectivity index (χ3v) is 5.68. The van der Waals surface area contributed by atoms with Gasteiger partial charge in [0.05, 0.1) is 11.1 Å². The highest BCUT2D eigenvalue weighted by Gasteiger charge is 2.45. The molecule has 0 atom stereocenters. The van der Waals surface area contributed by atoms with E-state index >= 15 is 0 Å². The Kier molecular flexibility index (Phi) is 4.71. The van der Waals surface area contributed by atoms with Crippen LogP contribution in [-0.4, -0.2) is 17.7 Å². The summed E-state index contributed by atoms with van der Waals surface area (Å²) < 4.78 is 13.6. The van der Waals surface area contributed by atoms with Gasteiger partial charge >= 0.3 is 0 Å². The van der Waals surface area contributed by atoms with Crippen molar-refractivity contribution in [3.63, 3.8) is 0 Å². The lowest BCUT2D eigenvalue weighted by molar-refractivity contribution is -0.129. The van der Waals surface area contributed by atoms with Crippen molar-refractivity contribution in [2.24, 2.45) is 0 Å². The number of benzene rings is 2. The minimum absolute atomic E-state index is 0.165. The van der Waals surface area contributed by atoms with Crippen molar-refractivity contribution in [1.82, 2.24) is 0 Å². The van der Waals surface area contributed by atoms with Gasteiger partial charge in [-0.1, -0.05) is 18.6 Å². The second-order valence-electron chi connectivity index (χ2n) is 7.42. The molecule has 28 heavy (non-hydrogen) atoms. The van der Waals surface area contributed by atoms with Crippen molar-refractivity contribution in [2.45, 2.75) is 43.9 Å². The molecule has 1 aliphatic heterocycles. The Balaban J connectivity index is 1.52. The van der Waals surface area contributed by atoms with Gasteiger partial charge in [0.2, 0.25) is 17.7 Å². The van der Waals surface area contributed by atoms with E-state index in [4.69, 9.17) is 0 Å². The Morgan fingerprint density at radius 3 is 2.21 bits per heavy atom. The minimum Gasteiger partial charge on any atom is -0.325 e. The van der Waals surface area contributed by atoms with Crippen molar-refractivity contribution < 1.29 is 18.8 Å². The van der Waals surface area contributed by atoms with E-state index in [-0.39, 0.29) is 23.5 Å². The van der Waals surface area contributed by atoms with Gasteiger partial charge in [-0.25, -0.2) is 4.39 Å². The fourth-order valence-corrected chi connectivity index (χ4v) is 3.95. The average molecular weight is 380 g/mol. The molecule has 2 fully saturated rings. The maximum Gasteiger partial charge on any atom is 0.235 e. The summed E-state index contributed by atoms with van der Waals surface area (Å²) in [6.45, 7) is 0. The molecule has 0 aromatic heterocycles. The topological polar surface area (TPSA) is 66.5 Å². The lowest BCUT2D eigenvalue weighted by Gasteiger charge is -2.40. The monoisotopic (exact) mass is 380 g/mol. The van der Waals surface area contributed by atoms with Crippen LogP contribution in [0.1, 0.15) is 44.1 Å². The Morgan fingerprint density at radius 1 is 0.964 bits per heavy atom. The molecule has 144 valence electrons. The van der Waals surface area contributed by atoms with Gasteiger partial charge in [-0.15, -0.1) is 0 Å². The molecule has 1 aliphatic carbocycles. The van der Waals surface area contributed by atoms with Gasteiger partial charge in [-0.3, -0.25) is 19.3 Å². The number of anilines is 2. The molecule has 0 unspecified atom stereocenters. The maximum absolute atomic E-state index is 13.6. The molecule has 2 aromatic rings. The van der Waals surface area contributed by atoms with E-state index in [0.717, 1.165) is 6.42 Å². The molecule has 2 aromatic carbocycles.